The van der Waals surface area contributed by atoms with Crippen LogP contribution in [0.4, 0.5) is 0 Å². The minimum atomic E-state index is -0.203. The van der Waals surface area contributed by atoms with Gasteiger partial charge in [0, 0.05) is 35.1 Å². The van der Waals surface area contributed by atoms with E-state index in [1.54, 1.807) is 0 Å². The number of carbonyl (C=O) groups excluding carboxylic acids is 4. The summed E-state index contributed by atoms with van der Waals surface area (Å²) < 4.78 is 0. The van der Waals surface area contributed by atoms with Crippen LogP contribution in [-0.2, 0) is 19.2 Å². The standard InChI is InChI=1S/C17H27N3O3.C6H13NO.C2H6.3H2/c1-3-18-16(23)13(2)19-17(10-11-17)9-5-4-6-12-20-14(21)7-8-15(20)22;1-2-3-4-7-5-6-8;1-2;;;/h7-8,13,19H,3-6,9-12H2,1-2H3,(H,18,23);6-7H,2-5H2,1H3;1-2H3;3*1H/t13-;;;;;/m0...../s1. The second-order valence-corrected chi connectivity index (χ2v) is 8.24. The van der Waals surface area contributed by atoms with Crippen molar-refractivity contribution in [2.75, 3.05) is 26.2 Å². The number of imide groups is 1. The Morgan fingerprint density at radius 2 is 1.76 bits per heavy atom. The molecule has 0 aromatic heterocycles. The van der Waals surface area contributed by atoms with E-state index in [-0.39, 0.29) is 33.6 Å². The molecule has 0 radical (unpaired) electrons. The van der Waals surface area contributed by atoms with Gasteiger partial charge in [0.2, 0.25) is 5.91 Å². The van der Waals surface area contributed by atoms with Crippen LogP contribution in [0.2, 0.25) is 0 Å². The Bertz CT molecular complexity index is 614. The van der Waals surface area contributed by atoms with Crippen molar-refractivity contribution >= 4 is 24.0 Å². The topological polar surface area (TPSA) is 108 Å². The molecule has 0 aromatic carbocycles. The lowest BCUT2D eigenvalue weighted by Crippen LogP contribution is -2.47. The molecule has 1 aliphatic carbocycles. The summed E-state index contributed by atoms with van der Waals surface area (Å²) in [6, 6.07) is -0.164. The zero-order chi connectivity index (χ0) is 25.1. The summed E-state index contributed by atoms with van der Waals surface area (Å²) in [4.78, 5) is 45.6. The number of nitrogens with zero attached hydrogens (tertiary/aromatic N) is 1. The average Bonchev–Trinajstić information content (AvgIpc) is 3.50. The molecule has 0 saturated heterocycles. The Kier molecular flexibility index (Phi) is 17.2. The van der Waals surface area contributed by atoms with E-state index in [4.69, 9.17) is 0 Å². The molecule has 3 amide bonds. The van der Waals surface area contributed by atoms with E-state index in [1.807, 2.05) is 27.7 Å². The van der Waals surface area contributed by atoms with Crippen LogP contribution in [-0.4, -0.2) is 66.7 Å². The van der Waals surface area contributed by atoms with Crippen LogP contribution in [0.3, 0.4) is 0 Å². The zero-order valence-electron chi connectivity index (χ0n) is 21.4. The predicted molar refractivity (Wildman–Crippen MR) is 139 cm³/mol. The molecule has 1 heterocycles. The molecule has 1 aliphatic heterocycles. The van der Waals surface area contributed by atoms with Crippen LogP contribution in [0.1, 0.15) is 90.3 Å². The van der Waals surface area contributed by atoms with Crippen LogP contribution < -0.4 is 16.0 Å². The number of rotatable bonds is 15. The van der Waals surface area contributed by atoms with E-state index in [0.29, 0.717) is 19.6 Å². The van der Waals surface area contributed by atoms with Crippen molar-refractivity contribution in [2.45, 2.75) is 97.6 Å². The summed E-state index contributed by atoms with van der Waals surface area (Å²) in [7, 11) is 0. The number of hydrogen-bond acceptors (Lipinski definition) is 6. The third-order valence-electron chi connectivity index (χ3n) is 5.49. The summed E-state index contributed by atoms with van der Waals surface area (Å²) in [5.74, 6) is -0.352. The maximum absolute atomic E-state index is 11.8. The van der Waals surface area contributed by atoms with Crippen molar-refractivity contribution in [1.29, 1.82) is 0 Å². The van der Waals surface area contributed by atoms with Gasteiger partial charge >= 0.3 is 0 Å². The SMILES string of the molecule is CC.CCCCNCC=O.CCNC(=O)[C@H](C)NC1(CCCCCN2C(=O)C=CC2=O)CC1.[HH].[HH].[HH]. The molecule has 0 unspecified atom stereocenters. The molecule has 3 N–H and O–H groups in total. The van der Waals surface area contributed by atoms with E-state index in [1.165, 1.54) is 23.5 Å². The van der Waals surface area contributed by atoms with Crippen LogP contribution in [0.15, 0.2) is 12.2 Å². The Hall–Kier alpha value is -2.06. The average molecular weight is 473 g/mol. The molecule has 33 heavy (non-hydrogen) atoms. The fourth-order valence-corrected chi connectivity index (χ4v) is 3.49. The fourth-order valence-electron chi connectivity index (χ4n) is 3.49. The lowest BCUT2D eigenvalue weighted by atomic mass is 10.0. The molecule has 0 spiro atoms. The summed E-state index contributed by atoms with van der Waals surface area (Å²) in [6.07, 6.45) is 12.0. The van der Waals surface area contributed by atoms with Crippen molar-refractivity contribution in [2.24, 2.45) is 0 Å². The number of carbonyl (C=O) groups is 4. The van der Waals surface area contributed by atoms with Gasteiger partial charge < -0.3 is 20.7 Å². The molecule has 8 nitrogen and oxygen atoms in total. The second kappa shape index (κ2) is 18.4. The van der Waals surface area contributed by atoms with Gasteiger partial charge in [-0.15, -0.1) is 0 Å². The molecule has 2 aliphatic rings. The van der Waals surface area contributed by atoms with E-state index in [0.717, 1.165) is 57.8 Å². The van der Waals surface area contributed by atoms with Gasteiger partial charge in [-0.05, 0) is 52.5 Å². The number of nitrogens with one attached hydrogen (secondary N) is 3. The first-order chi connectivity index (χ1) is 15.9. The Balaban J connectivity index is -0.000000340. The van der Waals surface area contributed by atoms with Crippen molar-refractivity contribution in [3.63, 3.8) is 0 Å². The van der Waals surface area contributed by atoms with Crippen molar-refractivity contribution < 1.29 is 23.5 Å². The lowest BCUT2D eigenvalue weighted by Gasteiger charge is -2.22. The molecule has 1 saturated carbocycles. The normalized spacial score (nSPS) is 16.3. The maximum atomic E-state index is 11.8. The highest BCUT2D eigenvalue weighted by atomic mass is 16.2. The highest BCUT2D eigenvalue weighted by Gasteiger charge is 2.43. The fraction of sp³-hybridized carbons (Fsp3) is 0.760. The molecule has 1 fully saturated rings. The van der Waals surface area contributed by atoms with Gasteiger partial charge in [-0.2, -0.15) is 0 Å². The summed E-state index contributed by atoms with van der Waals surface area (Å²) in [5, 5.41) is 9.26. The van der Waals surface area contributed by atoms with Gasteiger partial charge in [0.05, 0.1) is 12.6 Å². The number of hydrogen-bond donors (Lipinski definition) is 3. The Morgan fingerprint density at radius 3 is 2.27 bits per heavy atom. The van der Waals surface area contributed by atoms with Crippen LogP contribution in [0.25, 0.3) is 0 Å². The largest absolute Gasteiger partial charge is 0.355 e. The van der Waals surface area contributed by atoms with Gasteiger partial charge in [-0.25, -0.2) is 0 Å². The second-order valence-electron chi connectivity index (χ2n) is 8.24. The van der Waals surface area contributed by atoms with Crippen molar-refractivity contribution in [3.05, 3.63) is 12.2 Å². The van der Waals surface area contributed by atoms with Gasteiger partial charge in [-0.3, -0.25) is 19.3 Å². The quantitative estimate of drug-likeness (QED) is 0.191. The molecule has 8 heteroatoms. The Labute approximate surface area is 204 Å². The minimum Gasteiger partial charge on any atom is -0.355 e. The first-order valence-corrected chi connectivity index (χ1v) is 12.6. The smallest absolute Gasteiger partial charge is 0.253 e. The zero-order valence-corrected chi connectivity index (χ0v) is 21.4. The first-order valence-electron chi connectivity index (χ1n) is 12.6. The number of amides is 3. The highest BCUT2D eigenvalue weighted by molar-refractivity contribution is 6.12. The van der Waals surface area contributed by atoms with Crippen LogP contribution >= 0.6 is 0 Å². The third-order valence-corrected chi connectivity index (χ3v) is 5.49. The van der Waals surface area contributed by atoms with Gasteiger partial charge in [-0.1, -0.05) is 40.0 Å². The molecular weight excluding hydrogens is 420 g/mol. The monoisotopic (exact) mass is 472 g/mol. The maximum Gasteiger partial charge on any atom is 0.253 e. The number of unbranched alkanes of at least 4 members (excludes halogenated alkanes) is 3. The van der Waals surface area contributed by atoms with Gasteiger partial charge in [0.25, 0.3) is 11.8 Å². The van der Waals surface area contributed by atoms with Crippen LogP contribution in [0.5, 0.6) is 0 Å². The summed E-state index contributed by atoms with van der Waals surface area (Å²) in [6.45, 7) is 12.6. The van der Waals surface area contributed by atoms with Crippen LogP contribution in [0, 0.1) is 0 Å². The minimum absolute atomic E-state index is 0. The summed E-state index contributed by atoms with van der Waals surface area (Å²) in [5.41, 5.74) is 0.116. The van der Waals surface area contributed by atoms with E-state index < -0.39 is 0 Å². The number of likely N-dealkylation sites (N-methyl/N-ethyl adjacent to an activating group) is 1. The van der Waals surface area contributed by atoms with Gasteiger partial charge in [0.15, 0.2) is 0 Å². The predicted octanol–water partition coefficient (Wildman–Crippen LogP) is 3.46. The molecule has 2 rings (SSSR count). The Morgan fingerprint density at radius 1 is 1.12 bits per heavy atom. The van der Waals surface area contributed by atoms with Crippen molar-refractivity contribution in [3.8, 4) is 0 Å². The molecule has 196 valence electrons. The third kappa shape index (κ3) is 13.3. The van der Waals surface area contributed by atoms with Crippen molar-refractivity contribution in [1.82, 2.24) is 20.9 Å². The number of aldehydes is 1. The van der Waals surface area contributed by atoms with E-state index in [9.17, 15) is 19.2 Å². The highest BCUT2D eigenvalue weighted by Crippen LogP contribution is 2.40. The van der Waals surface area contributed by atoms with E-state index in [2.05, 4.69) is 22.9 Å². The van der Waals surface area contributed by atoms with E-state index >= 15 is 0 Å². The first kappa shape index (κ1) is 30.9. The molecular formula is C25H52N4O4. The molecule has 0 bridgehead atoms. The summed E-state index contributed by atoms with van der Waals surface area (Å²) >= 11 is 0. The molecule has 1 atom stereocenters. The lowest BCUT2D eigenvalue weighted by molar-refractivity contribution is -0.136. The van der Waals surface area contributed by atoms with Gasteiger partial charge in [0.1, 0.15) is 6.29 Å². The molecule has 0 aromatic rings.